The van der Waals surface area contributed by atoms with Gasteiger partial charge in [0, 0.05) is 23.0 Å². The molecule has 3 nitrogen and oxygen atoms in total. The number of aromatic nitrogens is 3. The average molecular weight is 389 g/mol. The van der Waals surface area contributed by atoms with E-state index in [1.54, 1.807) is 12.4 Å². The first kappa shape index (κ1) is 14.8. The fraction of sp³-hybridized carbons (Fsp3) is 0.143. The number of pyridine rings is 1. The molecule has 1 aromatic carbocycles. The van der Waals surface area contributed by atoms with Crippen LogP contribution in [0.3, 0.4) is 0 Å². The van der Waals surface area contributed by atoms with E-state index in [2.05, 4.69) is 25.9 Å². The van der Waals surface area contributed by atoms with E-state index in [1.807, 2.05) is 10.6 Å². The van der Waals surface area contributed by atoms with Gasteiger partial charge < -0.3 is 0 Å². The van der Waals surface area contributed by atoms with Gasteiger partial charge in [-0.2, -0.15) is 0 Å². The van der Waals surface area contributed by atoms with E-state index >= 15 is 0 Å². The van der Waals surface area contributed by atoms with Crippen molar-refractivity contribution in [2.45, 2.75) is 6.42 Å². The lowest BCUT2D eigenvalue weighted by molar-refractivity contribution is 0.626. The van der Waals surface area contributed by atoms with E-state index in [9.17, 15) is 4.39 Å². The van der Waals surface area contributed by atoms with E-state index in [4.69, 9.17) is 23.2 Å². The van der Waals surface area contributed by atoms with Gasteiger partial charge in [0.25, 0.3) is 0 Å². The smallest absolute Gasteiger partial charge is 0.125 e. The van der Waals surface area contributed by atoms with Gasteiger partial charge in [-0.3, -0.25) is 9.55 Å². The first-order valence-electron chi connectivity index (χ1n) is 6.14. The van der Waals surface area contributed by atoms with Gasteiger partial charge >= 0.3 is 0 Å². The summed E-state index contributed by atoms with van der Waals surface area (Å²) < 4.78 is 15.9. The Kier molecular flexibility index (Phi) is 4.15. The molecule has 0 bridgehead atoms. The SMILES string of the molecule is Fc1cc(Cl)c(-n2c(CCCl)nc3cnccc32)c(Br)c1. The highest BCUT2D eigenvalue weighted by atomic mass is 79.9. The van der Waals surface area contributed by atoms with E-state index in [0.717, 1.165) is 16.9 Å². The van der Waals surface area contributed by atoms with Crippen molar-refractivity contribution in [1.82, 2.24) is 14.5 Å². The maximum Gasteiger partial charge on any atom is 0.125 e. The molecule has 3 rings (SSSR count). The third kappa shape index (κ3) is 2.65. The molecule has 0 N–H and O–H groups in total. The molecule has 108 valence electrons. The Morgan fingerprint density at radius 2 is 2.14 bits per heavy atom. The highest BCUT2D eigenvalue weighted by Gasteiger charge is 2.17. The van der Waals surface area contributed by atoms with Crippen LogP contribution in [0.4, 0.5) is 4.39 Å². The molecule has 21 heavy (non-hydrogen) atoms. The predicted molar refractivity (Wildman–Crippen MR) is 86.0 cm³/mol. The van der Waals surface area contributed by atoms with Crippen molar-refractivity contribution in [2.75, 3.05) is 5.88 Å². The molecule has 0 amide bonds. The van der Waals surface area contributed by atoms with Crippen molar-refractivity contribution in [2.24, 2.45) is 0 Å². The van der Waals surface area contributed by atoms with E-state index in [1.165, 1.54) is 12.1 Å². The average Bonchev–Trinajstić information content (AvgIpc) is 2.77. The largest absolute Gasteiger partial charge is 0.293 e. The van der Waals surface area contributed by atoms with Crippen molar-refractivity contribution in [3.63, 3.8) is 0 Å². The van der Waals surface area contributed by atoms with Gasteiger partial charge in [-0.25, -0.2) is 9.37 Å². The topological polar surface area (TPSA) is 30.7 Å². The summed E-state index contributed by atoms with van der Waals surface area (Å²) >= 11 is 15.5. The molecule has 0 unspecified atom stereocenters. The molecular formula is C14H9BrCl2FN3. The highest BCUT2D eigenvalue weighted by Crippen LogP contribution is 2.33. The second kappa shape index (κ2) is 5.91. The molecule has 0 spiro atoms. The summed E-state index contributed by atoms with van der Waals surface area (Å²) in [5, 5.41) is 0.300. The first-order chi connectivity index (χ1) is 10.1. The monoisotopic (exact) mass is 387 g/mol. The number of halogens is 4. The lowest BCUT2D eigenvalue weighted by atomic mass is 10.2. The molecule has 0 radical (unpaired) electrons. The van der Waals surface area contributed by atoms with Gasteiger partial charge in [0.2, 0.25) is 0 Å². The van der Waals surface area contributed by atoms with Crippen LogP contribution in [0.25, 0.3) is 16.7 Å². The van der Waals surface area contributed by atoms with Crippen molar-refractivity contribution in [3.05, 3.63) is 51.7 Å². The van der Waals surface area contributed by atoms with Crippen LogP contribution in [0.15, 0.2) is 35.1 Å². The molecule has 0 aliphatic rings. The summed E-state index contributed by atoms with van der Waals surface area (Å²) in [6.45, 7) is 0. The van der Waals surface area contributed by atoms with Gasteiger partial charge in [-0.05, 0) is 34.1 Å². The number of aryl methyl sites for hydroxylation is 1. The molecular weight excluding hydrogens is 380 g/mol. The lowest BCUT2D eigenvalue weighted by Crippen LogP contribution is -2.04. The number of imidazole rings is 1. The molecule has 0 fully saturated rings. The lowest BCUT2D eigenvalue weighted by Gasteiger charge is -2.13. The molecule has 7 heteroatoms. The van der Waals surface area contributed by atoms with E-state index in [-0.39, 0.29) is 0 Å². The zero-order chi connectivity index (χ0) is 15.0. The summed E-state index contributed by atoms with van der Waals surface area (Å²) in [4.78, 5) is 8.59. The van der Waals surface area contributed by atoms with Crippen molar-refractivity contribution in [3.8, 4) is 5.69 Å². The second-order valence-corrected chi connectivity index (χ2v) is 6.02. The Hall–Kier alpha value is -1.17. The molecule has 0 atom stereocenters. The van der Waals surface area contributed by atoms with Gasteiger partial charge in [-0.15, -0.1) is 11.6 Å². The standard InChI is InChI=1S/C14H9BrCl2FN3/c15-9-5-8(18)6-10(17)14(9)21-12-2-4-19-7-11(12)20-13(21)1-3-16/h2,4-7H,1,3H2. The summed E-state index contributed by atoms with van der Waals surface area (Å²) in [5.41, 5.74) is 2.23. The first-order valence-corrected chi connectivity index (χ1v) is 7.84. The number of hydrogen-bond donors (Lipinski definition) is 0. The minimum atomic E-state index is -0.402. The van der Waals surface area contributed by atoms with Crippen LogP contribution in [0.2, 0.25) is 5.02 Å². The Morgan fingerprint density at radius 1 is 1.33 bits per heavy atom. The Morgan fingerprint density at radius 3 is 2.86 bits per heavy atom. The molecule has 0 aliphatic heterocycles. The number of fused-ring (bicyclic) bond motifs is 1. The number of rotatable bonds is 3. The third-order valence-electron chi connectivity index (χ3n) is 3.05. The zero-order valence-corrected chi connectivity index (χ0v) is 13.8. The fourth-order valence-corrected chi connectivity index (χ4v) is 3.42. The van der Waals surface area contributed by atoms with Crippen molar-refractivity contribution >= 4 is 50.2 Å². The van der Waals surface area contributed by atoms with Crippen molar-refractivity contribution < 1.29 is 4.39 Å². The Bertz CT molecular complexity index is 796. The molecule has 2 aromatic heterocycles. The quantitative estimate of drug-likeness (QED) is 0.605. The third-order valence-corrected chi connectivity index (χ3v) is 4.13. The maximum absolute atomic E-state index is 13.4. The van der Waals surface area contributed by atoms with Gasteiger partial charge in [0.15, 0.2) is 0 Å². The van der Waals surface area contributed by atoms with Crippen LogP contribution < -0.4 is 0 Å². The number of nitrogens with zero attached hydrogens (tertiary/aromatic N) is 3. The van der Waals surface area contributed by atoms with Gasteiger partial charge in [0.1, 0.15) is 17.2 Å². The predicted octanol–water partition coefficient (Wildman–Crippen LogP) is 4.76. The zero-order valence-electron chi connectivity index (χ0n) is 10.7. The molecule has 3 aromatic rings. The molecule has 2 heterocycles. The van der Waals surface area contributed by atoms with Gasteiger partial charge in [-0.1, -0.05) is 11.6 Å². The summed E-state index contributed by atoms with van der Waals surface area (Å²) in [6.07, 6.45) is 3.92. The highest BCUT2D eigenvalue weighted by molar-refractivity contribution is 9.10. The summed E-state index contributed by atoms with van der Waals surface area (Å²) in [5.74, 6) is 0.774. The van der Waals surface area contributed by atoms with Gasteiger partial charge in [0.05, 0.1) is 22.4 Å². The van der Waals surface area contributed by atoms with Crippen LogP contribution in [-0.2, 0) is 6.42 Å². The van der Waals surface area contributed by atoms with E-state index < -0.39 is 5.82 Å². The maximum atomic E-state index is 13.4. The number of benzene rings is 1. The van der Waals surface area contributed by atoms with Crippen LogP contribution in [0.5, 0.6) is 0 Å². The normalized spacial score (nSPS) is 11.2. The summed E-state index contributed by atoms with van der Waals surface area (Å²) in [7, 11) is 0. The second-order valence-electron chi connectivity index (χ2n) is 4.38. The minimum Gasteiger partial charge on any atom is -0.293 e. The van der Waals surface area contributed by atoms with Crippen LogP contribution in [-0.4, -0.2) is 20.4 Å². The van der Waals surface area contributed by atoms with Crippen LogP contribution >= 0.6 is 39.1 Å². The number of hydrogen-bond acceptors (Lipinski definition) is 2. The van der Waals surface area contributed by atoms with Crippen LogP contribution in [0, 0.1) is 5.82 Å². The number of alkyl halides is 1. The minimum absolute atomic E-state index is 0.300. The van der Waals surface area contributed by atoms with E-state index in [0.29, 0.717) is 27.5 Å². The fourth-order valence-electron chi connectivity index (χ4n) is 2.23. The summed E-state index contributed by atoms with van der Waals surface area (Å²) in [6, 6.07) is 4.49. The molecule has 0 aliphatic carbocycles. The Balaban J connectivity index is 2.36. The molecule has 0 saturated carbocycles. The van der Waals surface area contributed by atoms with Crippen LogP contribution in [0.1, 0.15) is 5.82 Å². The Labute approximate surface area is 138 Å². The van der Waals surface area contributed by atoms with Crippen molar-refractivity contribution in [1.29, 1.82) is 0 Å². The molecule has 0 saturated heterocycles.